The molecular weight excluding hydrogens is 438 g/mol. The van der Waals surface area contributed by atoms with Gasteiger partial charge >= 0.3 is 0 Å². The van der Waals surface area contributed by atoms with E-state index in [4.69, 9.17) is 4.74 Å². The Kier molecular flexibility index (Phi) is 5.87. The maximum atomic E-state index is 12.3. The van der Waals surface area contributed by atoms with E-state index in [1.807, 2.05) is 24.3 Å². The van der Waals surface area contributed by atoms with Gasteiger partial charge in [0.15, 0.2) is 4.34 Å². The van der Waals surface area contributed by atoms with E-state index in [9.17, 15) is 14.4 Å². The van der Waals surface area contributed by atoms with Crippen molar-refractivity contribution in [1.82, 2.24) is 15.1 Å². The van der Waals surface area contributed by atoms with Gasteiger partial charge in [0.25, 0.3) is 11.8 Å². The topological polar surface area (TPSA) is 114 Å². The third-order valence-corrected chi connectivity index (χ3v) is 6.42. The molecule has 0 saturated carbocycles. The fraction of sp³-hybridized carbons (Fsp3) is 0.150. The summed E-state index contributed by atoms with van der Waals surface area (Å²) >= 11 is 2.59. The van der Waals surface area contributed by atoms with Crippen molar-refractivity contribution in [3.05, 3.63) is 53.6 Å². The van der Waals surface area contributed by atoms with E-state index in [1.165, 1.54) is 36.2 Å². The van der Waals surface area contributed by atoms with Crippen LogP contribution in [-0.4, -0.2) is 52.7 Å². The van der Waals surface area contributed by atoms with E-state index in [1.54, 1.807) is 19.2 Å². The molecule has 9 nitrogen and oxygen atoms in total. The number of hydrogen-bond donors (Lipinski definition) is 2. The molecule has 2 N–H and O–H groups in total. The number of carbonyl (C=O) groups excluding carboxylic acids is 3. The molecule has 3 aromatic rings. The van der Waals surface area contributed by atoms with Crippen LogP contribution in [0.15, 0.2) is 46.8 Å². The number of nitrogens with one attached hydrogen (secondary N) is 2. The lowest BCUT2D eigenvalue weighted by Crippen LogP contribution is -2.24. The smallest absolute Gasteiger partial charge is 0.261 e. The van der Waals surface area contributed by atoms with Gasteiger partial charge in [-0.2, -0.15) is 0 Å². The molecule has 2 heterocycles. The molecule has 0 fully saturated rings. The molecule has 1 aliphatic rings. The van der Waals surface area contributed by atoms with E-state index in [0.717, 1.165) is 16.3 Å². The minimum atomic E-state index is -0.378. The highest BCUT2D eigenvalue weighted by Crippen LogP contribution is 2.29. The van der Waals surface area contributed by atoms with E-state index in [0.29, 0.717) is 20.7 Å². The Morgan fingerprint density at radius 3 is 2.52 bits per heavy atom. The van der Waals surface area contributed by atoms with E-state index >= 15 is 0 Å². The molecule has 4 rings (SSSR count). The first-order chi connectivity index (χ1) is 14.9. The van der Waals surface area contributed by atoms with Crippen LogP contribution >= 0.6 is 23.1 Å². The molecule has 2 aromatic carbocycles. The molecule has 0 spiro atoms. The summed E-state index contributed by atoms with van der Waals surface area (Å²) in [5.41, 5.74) is 1.93. The zero-order valence-electron chi connectivity index (χ0n) is 16.5. The van der Waals surface area contributed by atoms with Crippen molar-refractivity contribution in [3.63, 3.8) is 0 Å². The molecule has 1 aromatic heterocycles. The number of hydrogen-bond acceptors (Lipinski definition) is 9. The second-order valence-electron chi connectivity index (χ2n) is 6.49. The van der Waals surface area contributed by atoms with Crippen LogP contribution in [0.4, 0.5) is 16.5 Å². The number of rotatable bonds is 7. The van der Waals surface area contributed by atoms with Crippen LogP contribution in [-0.2, 0) is 4.79 Å². The highest BCUT2D eigenvalue weighted by Gasteiger charge is 2.32. The number of amides is 3. The minimum absolute atomic E-state index is 0.126. The third kappa shape index (κ3) is 4.52. The lowest BCUT2D eigenvalue weighted by atomic mass is 10.1. The molecule has 3 amide bonds. The first-order valence-electron chi connectivity index (χ1n) is 9.08. The van der Waals surface area contributed by atoms with E-state index < -0.39 is 0 Å². The molecule has 0 saturated heterocycles. The summed E-state index contributed by atoms with van der Waals surface area (Å²) in [6.45, 7) is 0. The molecule has 0 radical (unpaired) electrons. The normalized spacial score (nSPS) is 12.6. The Morgan fingerprint density at radius 2 is 1.77 bits per heavy atom. The average molecular weight is 456 g/mol. The van der Waals surface area contributed by atoms with Gasteiger partial charge in [0.05, 0.1) is 24.0 Å². The van der Waals surface area contributed by atoms with Gasteiger partial charge in [0.1, 0.15) is 5.75 Å². The molecule has 0 aliphatic carbocycles. The number of imide groups is 1. The Labute approximate surface area is 185 Å². The third-order valence-electron chi connectivity index (χ3n) is 4.45. The first-order valence-corrected chi connectivity index (χ1v) is 10.9. The summed E-state index contributed by atoms with van der Waals surface area (Å²) in [4.78, 5) is 37.4. The number of thioether (sulfide) groups is 1. The lowest BCUT2D eigenvalue weighted by molar-refractivity contribution is -0.113. The van der Waals surface area contributed by atoms with Crippen LogP contribution in [0.1, 0.15) is 20.7 Å². The van der Waals surface area contributed by atoms with Crippen molar-refractivity contribution in [2.24, 2.45) is 0 Å². The number of methoxy groups -OCH3 is 1. The van der Waals surface area contributed by atoms with Crippen LogP contribution in [0, 0.1) is 0 Å². The number of fused-ring (bicyclic) bond motifs is 1. The number of benzene rings is 2. The van der Waals surface area contributed by atoms with Gasteiger partial charge in [-0.1, -0.05) is 23.1 Å². The second kappa shape index (κ2) is 8.74. The quantitative estimate of drug-likeness (QED) is 0.412. The van der Waals surface area contributed by atoms with E-state index in [2.05, 4.69) is 20.8 Å². The summed E-state index contributed by atoms with van der Waals surface area (Å²) in [5, 5.41) is 14.7. The van der Waals surface area contributed by atoms with Crippen molar-refractivity contribution in [3.8, 4) is 5.75 Å². The number of anilines is 3. The van der Waals surface area contributed by atoms with Crippen molar-refractivity contribution >= 4 is 57.3 Å². The van der Waals surface area contributed by atoms with Crippen molar-refractivity contribution in [2.45, 2.75) is 4.34 Å². The summed E-state index contributed by atoms with van der Waals surface area (Å²) in [6, 6.07) is 12.1. The molecule has 0 unspecified atom stereocenters. The average Bonchev–Trinajstić information content (AvgIpc) is 3.31. The number of nitrogens with zero attached hydrogens (tertiary/aromatic N) is 3. The summed E-state index contributed by atoms with van der Waals surface area (Å²) in [7, 11) is 3.04. The van der Waals surface area contributed by atoms with Gasteiger partial charge in [-0.15, -0.1) is 10.2 Å². The Balaban J connectivity index is 1.31. The summed E-state index contributed by atoms with van der Waals surface area (Å²) in [5.74, 6) is -0.0903. The van der Waals surface area contributed by atoms with Gasteiger partial charge in [-0.05, 0) is 42.5 Å². The molecule has 11 heteroatoms. The number of carbonyl (C=O) groups is 3. The van der Waals surface area contributed by atoms with Gasteiger partial charge in [-0.25, -0.2) is 0 Å². The number of ether oxygens (including phenoxy) is 1. The fourth-order valence-electron chi connectivity index (χ4n) is 2.88. The summed E-state index contributed by atoms with van der Waals surface area (Å²) < 4.78 is 5.77. The van der Waals surface area contributed by atoms with Crippen LogP contribution in [0.25, 0.3) is 0 Å². The minimum Gasteiger partial charge on any atom is -0.497 e. The molecular formula is C20H17N5O4S2. The zero-order chi connectivity index (χ0) is 22.0. The first kappa shape index (κ1) is 20.8. The van der Waals surface area contributed by atoms with Crippen molar-refractivity contribution < 1.29 is 19.1 Å². The largest absolute Gasteiger partial charge is 0.497 e. The Morgan fingerprint density at radius 1 is 1.06 bits per heavy atom. The van der Waals surface area contributed by atoms with Crippen LogP contribution < -0.4 is 15.4 Å². The molecule has 31 heavy (non-hydrogen) atoms. The van der Waals surface area contributed by atoms with Crippen molar-refractivity contribution in [1.29, 1.82) is 0 Å². The van der Waals surface area contributed by atoms with Crippen molar-refractivity contribution in [2.75, 3.05) is 30.5 Å². The summed E-state index contributed by atoms with van der Waals surface area (Å²) in [6.07, 6.45) is 0. The SMILES string of the molecule is COc1ccc(Nc2nnc(SCC(=O)Nc3ccc4c(c3)C(=O)N(C)C4=O)s2)cc1. The highest BCUT2D eigenvalue weighted by molar-refractivity contribution is 8.01. The van der Waals surface area contributed by atoms with E-state index in [-0.39, 0.29) is 29.0 Å². The molecule has 1 aliphatic heterocycles. The molecule has 158 valence electrons. The highest BCUT2D eigenvalue weighted by atomic mass is 32.2. The van der Waals surface area contributed by atoms with Crippen LogP contribution in [0.3, 0.4) is 0 Å². The fourth-order valence-corrected chi connectivity index (χ4v) is 4.45. The Hall–Kier alpha value is -3.44. The zero-order valence-corrected chi connectivity index (χ0v) is 18.2. The maximum absolute atomic E-state index is 12.3. The van der Waals surface area contributed by atoms with Gasteiger partial charge < -0.3 is 15.4 Å². The predicted octanol–water partition coefficient (Wildman–Crippen LogP) is 3.25. The van der Waals surface area contributed by atoms with Crippen LogP contribution in [0.5, 0.6) is 5.75 Å². The van der Waals surface area contributed by atoms with Crippen LogP contribution in [0.2, 0.25) is 0 Å². The lowest BCUT2D eigenvalue weighted by Gasteiger charge is -2.05. The maximum Gasteiger partial charge on any atom is 0.261 e. The Bertz CT molecular complexity index is 1160. The van der Waals surface area contributed by atoms with Gasteiger partial charge in [-0.3, -0.25) is 19.3 Å². The van der Waals surface area contributed by atoms with Gasteiger partial charge in [0.2, 0.25) is 11.0 Å². The molecule has 0 atom stereocenters. The number of aromatic nitrogens is 2. The predicted molar refractivity (Wildman–Crippen MR) is 118 cm³/mol. The van der Waals surface area contributed by atoms with Gasteiger partial charge in [0, 0.05) is 18.4 Å². The monoisotopic (exact) mass is 455 g/mol. The molecule has 0 bridgehead atoms. The standard InChI is InChI=1S/C20H17N5O4S2/c1-25-17(27)14-8-5-12(9-15(14)18(25)28)21-16(26)10-30-20-24-23-19(31-20)22-11-3-6-13(29-2)7-4-11/h3-9H,10H2,1-2H3,(H,21,26)(H,22,23). The second-order valence-corrected chi connectivity index (χ2v) is 8.69.